The van der Waals surface area contributed by atoms with Crippen LogP contribution in [0.15, 0.2) is 30.3 Å². The largest absolute Gasteiger partial charge is 0.549 e. The monoisotopic (exact) mass is 538 g/mol. The molecule has 0 aliphatic carbocycles. The van der Waals surface area contributed by atoms with E-state index in [0.29, 0.717) is 6.42 Å². The Morgan fingerprint density at radius 3 is 1.35 bits per heavy atom. The molecule has 1 atom stereocenters. The van der Waals surface area contributed by atoms with E-state index in [1.165, 1.54) is 0 Å². The van der Waals surface area contributed by atoms with Crippen molar-refractivity contribution in [3.63, 3.8) is 0 Å². The number of benzene rings is 1. The number of nitrogens with zero attached hydrogens (tertiary/aromatic N) is 2. The van der Waals surface area contributed by atoms with E-state index in [9.17, 15) is 9.90 Å². The van der Waals surface area contributed by atoms with Crippen molar-refractivity contribution in [2.45, 2.75) is 18.6 Å². The first-order valence-electron chi connectivity index (χ1n) is 11.5. The Balaban J connectivity index is -0.000000192. The Morgan fingerprint density at radius 1 is 0.838 bits per heavy atom. The van der Waals surface area contributed by atoms with Gasteiger partial charge in [0.15, 0.2) is 0 Å². The van der Waals surface area contributed by atoms with Crippen LogP contribution in [0.4, 0.5) is 0 Å². The van der Waals surface area contributed by atoms with Crippen LogP contribution in [-0.2, 0) is 16.0 Å². The van der Waals surface area contributed by atoms with Gasteiger partial charge in [-0.1, -0.05) is 30.3 Å². The minimum absolute atomic E-state index is 0.281. The van der Waals surface area contributed by atoms with Gasteiger partial charge in [-0.05, 0) is 12.0 Å². The molecule has 37 heavy (non-hydrogen) atoms. The fraction of sp³-hybridized carbons (Fsp3) is 0.667. The third-order valence-electron chi connectivity index (χ3n) is 3.73. The van der Waals surface area contributed by atoms with Crippen molar-refractivity contribution in [1.82, 2.24) is 0 Å². The zero-order valence-electron chi connectivity index (χ0n) is 23.1. The van der Waals surface area contributed by atoms with Gasteiger partial charge in [-0.2, -0.15) is 0 Å². The molecule has 0 aliphatic rings. The van der Waals surface area contributed by atoms with Gasteiger partial charge >= 0.3 is 0 Å². The SMILES string of the molecule is C[N+](C)(C)CCO.C[N+](C)(C)CCO.NCC(=O)[O-].N[C@@H](Cc1ccccc1)C(=O)[O-].OCC(O)CO. The second kappa shape index (κ2) is 25.4. The van der Waals surface area contributed by atoms with Crippen LogP contribution in [0, 0.1) is 0 Å². The normalized spacial score (nSPS) is 11.2. The van der Waals surface area contributed by atoms with Gasteiger partial charge in [0.05, 0.1) is 80.7 Å². The Kier molecular flexibility index (Phi) is 28.8. The minimum atomic E-state index is -1.22. The molecule has 1 aromatic rings. The fourth-order valence-electron chi connectivity index (χ4n) is 1.61. The smallest absolute Gasteiger partial charge is 0.101 e. The lowest BCUT2D eigenvalue weighted by molar-refractivity contribution is -0.870. The summed E-state index contributed by atoms with van der Waals surface area (Å²) in [7, 11) is 12.3. The van der Waals surface area contributed by atoms with E-state index in [-0.39, 0.29) is 33.0 Å². The number of aliphatic hydroxyl groups excluding tert-OH is 5. The van der Waals surface area contributed by atoms with Crippen LogP contribution in [0.3, 0.4) is 0 Å². The zero-order valence-corrected chi connectivity index (χ0v) is 23.1. The van der Waals surface area contributed by atoms with Crippen molar-refractivity contribution in [2.75, 3.05) is 88.3 Å². The molecule has 0 aliphatic heterocycles. The van der Waals surface area contributed by atoms with Gasteiger partial charge in [0.2, 0.25) is 0 Å². The van der Waals surface area contributed by atoms with E-state index in [1.807, 2.05) is 30.3 Å². The van der Waals surface area contributed by atoms with Gasteiger partial charge in [0.1, 0.15) is 19.2 Å². The standard InChI is InChI=1S/C9H11NO2.2C5H14NO.C3H8O3.C2H5NO2/c10-8(9(11)12)6-7-4-2-1-3-5-7;2*1-6(2,3)4-5-7;4-1-3(6)2-5;3-1-2(4)5/h1-5,8H,6,10H2,(H,11,12);2*7H,4-5H2,1-3H3;3-6H,1-2H2;1,3H2,(H,4,5)/q;2*+1;;/p-2/t8-;;;;/m0..../s1. The molecule has 0 radical (unpaired) electrons. The van der Waals surface area contributed by atoms with Crippen molar-refractivity contribution in [2.24, 2.45) is 11.5 Å². The lowest BCUT2D eigenvalue weighted by Gasteiger charge is -2.21. The van der Waals surface area contributed by atoms with Crippen molar-refractivity contribution in [3.8, 4) is 0 Å². The summed E-state index contributed by atoms with van der Waals surface area (Å²) in [5, 5.41) is 60.2. The highest BCUT2D eigenvalue weighted by Crippen LogP contribution is 2.00. The van der Waals surface area contributed by atoms with Crippen molar-refractivity contribution in [1.29, 1.82) is 0 Å². The van der Waals surface area contributed by atoms with Crippen LogP contribution in [0.25, 0.3) is 0 Å². The van der Waals surface area contributed by atoms with Crippen LogP contribution >= 0.6 is 0 Å². The van der Waals surface area contributed by atoms with Crippen molar-refractivity contribution >= 4 is 11.9 Å². The van der Waals surface area contributed by atoms with Gasteiger partial charge in [-0.15, -0.1) is 0 Å². The maximum absolute atomic E-state index is 10.3. The van der Waals surface area contributed by atoms with Gasteiger partial charge in [-0.3, -0.25) is 0 Å². The minimum Gasteiger partial charge on any atom is -0.549 e. The molecular formula is C24H50N4O9. The summed E-state index contributed by atoms with van der Waals surface area (Å²) in [6, 6.07) is 8.32. The first kappa shape index (κ1) is 41.9. The highest BCUT2D eigenvalue weighted by Gasteiger charge is 2.04. The predicted octanol–water partition coefficient (Wildman–Crippen LogP) is -5.30. The molecule has 13 heteroatoms. The van der Waals surface area contributed by atoms with Crippen LogP contribution in [0.1, 0.15) is 5.56 Å². The van der Waals surface area contributed by atoms with Gasteiger partial charge in [0.25, 0.3) is 0 Å². The number of carboxylic acid groups (broad SMARTS) is 2. The topological polar surface area (TPSA) is 233 Å². The highest BCUT2D eigenvalue weighted by molar-refractivity contribution is 5.71. The molecule has 9 N–H and O–H groups in total. The molecule has 1 aromatic carbocycles. The molecule has 0 spiro atoms. The summed E-state index contributed by atoms with van der Waals surface area (Å²) in [4.78, 5) is 19.4. The molecular weight excluding hydrogens is 488 g/mol. The summed E-state index contributed by atoms with van der Waals surface area (Å²) >= 11 is 0. The second-order valence-electron chi connectivity index (χ2n) is 9.69. The Hall–Kier alpha value is -2.20. The summed E-state index contributed by atoms with van der Waals surface area (Å²) in [6.07, 6.45) is -0.631. The van der Waals surface area contributed by atoms with Gasteiger partial charge in [-0.25, -0.2) is 0 Å². The Morgan fingerprint density at radius 2 is 1.19 bits per heavy atom. The Labute approximate surface area is 221 Å². The molecule has 0 saturated heterocycles. The molecule has 1 rings (SSSR count). The fourth-order valence-corrected chi connectivity index (χ4v) is 1.61. The first-order chi connectivity index (χ1) is 16.9. The molecule has 0 amide bonds. The molecule has 13 nitrogen and oxygen atoms in total. The number of quaternary nitrogens is 2. The number of carbonyl (C=O) groups is 2. The number of hydrogen-bond donors (Lipinski definition) is 7. The van der Waals surface area contributed by atoms with E-state index >= 15 is 0 Å². The van der Waals surface area contributed by atoms with E-state index < -0.39 is 24.1 Å². The van der Waals surface area contributed by atoms with Crippen LogP contribution in [-0.4, -0.2) is 147 Å². The quantitative estimate of drug-likeness (QED) is 0.139. The van der Waals surface area contributed by atoms with Crippen molar-refractivity contribution in [3.05, 3.63) is 35.9 Å². The molecule has 0 unspecified atom stereocenters. The van der Waals surface area contributed by atoms with Gasteiger partial charge < -0.3 is 65.8 Å². The lowest BCUT2D eigenvalue weighted by atomic mass is 10.1. The summed E-state index contributed by atoms with van der Waals surface area (Å²) < 4.78 is 1.69. The molecule has 0 saturated carbocycles. The number of likely N-dealkylation sites (N-methyl/N-ethyl adjacent to an activating group) is 2. The van der Waals surface area contributed by atoms with Crippen LogP contribution in [0.2, 0.25) is 0 Å². The van der Waals surface area contributed by atoms with Crippen LogP contribution < -0.4 is 21.7 Å². The highest BCUT2D eigenvalue weighted by atomic mass is 16.4. The van der Waals surface area contributed by atoms with E-state index in [1.54, 1.807) is 0 Å². The van der Waals surface area contributed by atoms with E-state index in [0.717, 1.165) is 27.6 Å². The third kappa shape index (κ3) is 44.2. The first-order valence-corrected chi connectivity index (χ1v) is 11.5. The zero-order chi connectivity index (χ0) is 30.1. The van der Waals surface area contributed by atoms with Crippen LogP contribution in [0.5, 0.6) is 0 Å². The maximum Gasteiger partial charge on any atom is 0.101 e. The number of rotatable bonds is 10. The molecule has 220 valence electrons. The predicted molar refractivity (Wildman–Crippen MR) is 137 cm³/mol. The molecule has 0 fully saturated rings. The maximum atomic E-state index is 10.3. The number of aliphatic hydroxyl groups is 5. The average molecular weight is 539 g/mol. The Bertz CT molecular complexity index is 632. The lowest BCUT2D eigenvalue weighted by Crippen LogP contribution is -2.43. The second-order valence-corrected chi connectivity index (χ2v) is 9.69. The summed E-state index contributed by atoms with van der Waals surface area (Å²) in [6.45, 7) is 1.11. The number of aliphatic carboxylic acids is 2. The summed E-state index contributed by atoms with van der Waals surface area (Å²) in [5.74, 6) is -2.43. The number of hydrogen-bond acceptors (Lipinski definition) is 11. The summed E-state index contributed by atoms with van der Waals surface area (Å²) in [5.41, 5.74) is 10.7. The molecule has 0 aromatic heterocycles. The molecule has 0 bridgehead atoms. The average Bonchev–Trinajstić information content (AvgIpc) is 2.79. The number of carboxylic acids is 2. The van der Waals surface area contributed by atoms with E-state index in [2.05, 4.69) is 48.0 Å². The molecule has 0 heterocycles. The van der Waals surface area contributed by atoms with Crippen molar-refractivity contribution < 1.29 is 54.3 Å². The number of nitrogens with two attached hydrogens (primary N) is 2. The third-order valence-corrected chi connectivity index (χ3v) is 3.73. The van der Waals surface area contributed by atoms with E-state index in [4.69, 9.17) is 41.2 Å². The number of carbonyl (C=O) groups excluding carboxylic acids is 2. The van der Waals surface area contributed by atoms with Gasteiger partial charge in [0, 0.05) is 12.6 Å².